The molecule has 2 amide bonds. The second-order valence-corrected chi connectivity index (χ2v) is 8.24. The van der Waals surface area contributed by atoms with E-state index in [0.29, 0.717) is 23.1 Å². The molecule has 0 aliphatic heterocycles. The minimum absolute atomic E-state index is 0.228. The van der Waals surface area contributed by atoms with Crippen LogP contribution in [0.25, 0.3) is 0 Å². The minimum atomic E-state index is -0.738. The van der Waals surface area contributed by atoms with Crippen molar-refractivity contribution in [1.29, 1.82) is 0 Å². The first-order valence-electron chi connectivity index (χ1n) is 11.1. The molecular formula is C27H29ClN2O5. The van der Waals surface area contributed by atoms with Crippen molar-refractivity contribution in [2.75, 3.05) is 20.8 Å². The van der Waals surface area contributed by atoms with Crippen molar-refractivity contribution < 1.29 is 23.8 Å². The molecule has 0 saturated heterocycles. The highest BCUT2D eigenvalue weighted by Gasteiger charge is 2.26. The predicted octanol–water partition coefficient (Wildman–Crippen LogP) is 4.47. The topological polar surface area (TPSA) is 77.1 Å². The first-order chi connectivity index (χ1) is 16.9. The van der Waals surface area contributed by atoms with Crippen LogP contribution < -0.4 is 19.5 Å². The molecule has 3 aromatic rings. The molecule has 7 nitrogen and oxygen atoms in total. The van der Waals surface area contributed by atoms with Gasteiger partial charge in [-0.05, 0) is 54.4 Å². The molecule has 0 aliphatic carbocycles. The molecule has 184 valence electrons. The van der Waals surface area contributed by atoms with Crippen LogP contribution in [0.5, 0.6) is 17.2 Å². The average Bonchev–Trinajstić information content (AvgIpc) is 2.90. The second kappa shape index (κ2) is 12.7. The highest BCUT2D eigenvalue weighted by atomic mass is 35.5. The van der Waals surface area contributed by atoms with Crippen molar-refractivity contribution in [3.63, 3.8) is 0 Å². The van der Waals surface area contributed by atoms with Crippen LogP contribution in [0.3, 0.4) is 0 Å². The van der Waals surface area contributed by atoms with Gasteiger partial charge in [0.15, 0.2) is 6.61 Å². The number of nitrogens with zero attached hydrogens (tertiary/aromatic N) is 1. The standard InChI is InChI=1S/C27H29ClN2O5/c1-19(27(32)29-16-20-8-12-22(33-2)13-9-20)30(17-21-10-14-23(34-3)15-11-21)26(31)18-35-25-7-5-4-6-24(25)28/h4-15,19H,16-18H2,1-3H3,(H,29,32)/t19-/m1/s1. The Labute approximate surface area is 210 Å². The third-order valence-electron chi connectivity index (χ3n) is 5.49. The van der Waals surface area contributed by atoms with Crippen LogP contribution in [0.2, 0.25) is 5.02 Å². The molecule has 0 unspecified atom stereocenters. The first-order valence-corrected chi connectivity index (χ1v) is 11.5. The number of hydrogen-bond donors (Lipinski definition) is 1. The molecule has 3 aromatic carbocycles. The van der Waals surface area contributed by atoms with Crippen LogP contribution in [0.15, 0.2) is 72.8 Å². The van der Waals surface area contributed by atoms with E-state index < -0.39 is 6.04 Å². The molecule has 0 aliphatic rings. The molecule has 3 rings (SSSR count). The van der Waals surface area contributed by atoms with E-state index in [1.165, 1.54) is 4.90 Å². The lowest BCUT2D eigenvalue weighted by Gasteiger charge is -2.29. The Kier molecular flexibility index (Phi) is 9.38. The molecule has 0 heterocycles. The third kappa shape index (κ3) is 7.39. The van der Waals surface area contributed by atoms with E-state index in [0.717, 1.165) is 16.9 Å². The number of hydrogen-bond acceptors (Lipinski definition) is 5. The zero-order valence-corrected chi connectivity index (χ0v) is 20.7. The Morgan fingerprint density at radius 3 is 2.03 bits per heavy atom. The molecule has 0 fully saturated rings. The van der Waals surface area contributed by atoms with Gasteiger partial charge in [0.2, 0.25) is 5.91 Å². The lowest BCUT2D eigenvalue weighted by molar-refractivity contribution is -0.142. The molecule has 1 atom stereocenters. The molecule has 0 radical (unpaired) electrons. The maximum absolute atomic E-state index is 13.2. The summed E-state index contributed by atoms with van der Waals surface area (Å²) in [6.45, 7) is 2.00. The Balaban J connectivity index is 1.70. The normalized spacial score (nSPS) is 11.3. The summed E-state index contributed by atoms with van der Waals surface area (Å²) in [6, 6.07) is 20.9. The summed E-state index contributed by atoms with van der Waals surface area (Å²) in [7, 11) is 3.19. The van der Waals surface area contributed by atoms with E-state index in [9.17, 15) is 9.59 Å². The van der Waals surface area contributed by atoms with Crippen molar-refractivity contribution in [2.45, 2.75) is 26.1 Å². The van der Waals surface area contributed by atoms with Gasteiger partial charge in [-0.15, -0.1) is 0 Å². The molecule has 0 aromatic heterocycles. The minimum Gasteiger partial charge on any atom is -0.497 e. The van der Waals surface area contributed by atoms with E-state index in [4.69, 9.17) is 25.8 Å². The fourth-order valence-corrected chi connectivity index (χ4v) is 3.57. The number of carbonyl (C=O) groups is 2. The van der Waals surface area contributed by atoms with Gasteiger partial charge in [0, 0.05) is 13.1 Å². The second-order valence-electron chi connectivity index (χ2n) is 7.83. The summed E-state index contributed by atoms with van der Waals surface area (Å²) in [5, 5.41) is 3.31. The maximum atomic E-state index is 13.2. The number of amides is 2. The molecule has 0 saturated carbocycles. The van der Waals surface area contributed by atoms with Crippen molar-refractivity contribution in [3.8, 4) is 17.2 Å². The molecule has 8 heteroatoms. The van der Waals surface area contributed by atoms with Gasteiger partial charge in [0.05, 0.1) is 19.2 Å². The summed E-state index contributed by atoms with van der Waals surface area (Å²) in [5.74, 6) is 1.24. The summed E-state index contributed by atoms with van der Waals surface area (Å²) >= 11 is 6.14. The summed E-state index contributed by atoms with van der Waals surface area (Å²) < 4.78 is 16.0. The lowest BCUT2D eigenvalue weighted by atomic mass is 10.1. The molecular weight excluding hydrogens is 468 g/mol. The summed E-state index contributed by atoms with van der Waals surface area (Å²) in [6.07, 6.45) is 0. The van der Waals surface area contributed by atoms with Crippen molar-refractivity contribution in [1.82, 2.24) is 10.2 Å². The first kappa shape index (κ1) is 25.9. The number of carbonyl (C=O) groups excluding carboxylic acids is 2. The Bertz CT molecular complexity index is 1120. The lowest BCUT2D eigenvalue weighted by Crippen LogP contribution is -2.48. The number of benzene rings is 3. The van der Waals surface area contributed by atoms with E-state index in [-0.39, 0.29) is 25.0 Å². The van der Waals surface area contributed by atoms with Crippen molar-refractivity contribution in [2.24, 2.45) is 0 Å². The number of para-hydroxylation sites is 1. The average molecular weight is 497 g/mol. The fraction of sp³-hybridized carbons (Fsp3) is 0.259. The van der Waals surface area contributed by atoms with Gasteiger partial charge >= 0.3 is 0 Å². The Morgan fingerprint density at radius 1 is 0.886 bits per heavy atom. The highest BCUT2D eigenvalue weighted by molar-refractivity contribution is 6.32. The Morgan fingerprint density at radius 2 is 1.46 bits per heavy atom. The zero-order chi connectivity index (χ0) is 25.2. The Hall–Kier alpha value is -3.71. The third-order valence-corrected chi connectivity index (χ3v) is 5.81. The van der Waals surface area contributed by atoms with Gasteiger partial charge in [-0.3, -0.25) is 9.59 Å². The summed E-state index contributed by atoms with van der Waals surface area (Å²) in [4.78, 5) is 27.7. The van der Waals surface area contributed by atoms with Crippen LogP contribution in [-0.4, -0.2) is 43.6 Å². The predicted molar refractivity (Wildman–Crippen MR) is 135 cm³/mol. The monoisotopic (exact) mass is 496 g/mol. The van der Waals surface area contributed by atoms with Gasteiger partial charge in [-0.1, -0.05) is 48.0 Å². The van der Waals surface area contributed by atoms with Crippen molar-refractivity contribution in [3.05, 3.63) is 88.9 Å². The van der Waals surface area contributed by atoms with Crippen LogP contribution in [0, 0.1) is 0 Å². The molecule has 0 spiro atoms. The fourth-order valence-electron chi connectivity index (χ4n) is 3.37. The van der Waals surface area contributed by atoms with Crippen LogP contribution in [-0.2, 0) is 22.7 Å². The van der Waals surface area contributed by atoms with Gasteiger partial charge in [0.1, 0.15) is 23.3 Å². The van der Waals surface area contributed by atoms with E-state index in [1.807, 2.05) is 48.5 Å². The number of rotatable bonds is 11. The van der Waals surface area contributed by atoms with Gasteiger partial charge in [-0.25, -0.2) is 0 Å². The number of methoxy groups -OCH3 is 2. The largest absolute Gasteiger partial charge is 0.497 e. The van der Waals surface area contributed by atoms with Crippen LogP contribution in [0.4, 0.5) is 0 Å². The van der Waals surface area contributed by atoms with Gasteiger partial charge < -0.3 is 24.4 Å². The smallest absolute Gasteiger partial charge is 0.261 e. The molecule has 35 heavy (non-hydrogen) atoms. The van der Waals surface area contributed by atoms with Crippen LogP contribution >= 0.6 is 11.6 Å². The summed E-state index contributed by atoms with van der Waals surface area (Å²) in [5.41, 5.74) is 1.77. The van der Waals surface area contributed by atoms with E-state index in [2.05, 4.69) is 5.32 Å². The van der Waals surface area contributed by atoms with Gasteiger partial charge in [-0.2, -0.15) is 0 Å². The van der Waals surface area contributed by atoms with Crippen molar-refractivity contribution >= 4 is 23.4 Å². The quantitative estimate of drug-likeness (QED) is 0.424. The van der Waals surface area contributed by atoms with Gasteiger partial charge in [0.25, 0.3) is 5.91 Å². The SMILES string of the molecule is COc1ccc(CNC(=O)[C@@H](C)N(Cc2ccc(OC)cc2)C(=O)COc2ccccc2Cl)cc1. The van der Waals surface area contributed by atoms with E-state index in [1.54, 1.807) is 45.4 Å². The van der Waals surface area contributed by atoms with E-state index >= 15 is 0 Å². The zero-order valence-electron chi connectivity index (χ0n) is 20.0. The molecule has 0 bridgehead atoms. The molecule has 1 N–H and O–H groups in total. The maximum Gasteiger partial charge on any atom is 0.261 e. The highest BCUT2D eigenvalue weighted by Crippen LogP contribution is 2.23. The van der Waals surface area contributed by atoms with Crippen LogP contribution in [0.1, 0.15) is 18.1 Å². The number of nitrogens with one attached hydrogen (secondary N) is 1. The number of halogens is 1. The number of ether oxygens (including phenoxy) is 3.